The number of anilines is 1. The average molecular weight is 193 g/mol. The minimum absolute atomic E-state index is 0.0305. The van der Waals surface area contributed by atoms with Crippen LogP contribution in [-0.2, 0) is 12.8 Å². The van der Waals surface area contributed by atoms with Crippen LogP contribution in [0.2, 0.25) is 0 Å². The van der Waals surface area contributed by atoms with Gasteiger partial charge in [0.1, 0.15) is 6.17 Å². The van der Waals surface area contributed by atoms with Crippen molar-refractivity contribution in [2.24, 2.45) is 0 Å². The molecule has 0 fully saturated rings. The van der Waals surface area contributed by atoms with Gasteiger partial charge in [-0.15, -0.1) is 0 Å². The minimum atomic E-state index is -0.785. The number of hydrogen-bond acceptors (Lipinski definition) is 1. The van der Waals surface area contributed by atoms with Crippen LogP contribution in [0.15, 0.2) is 18.2 Å². The third-order valence-corrected chi connectivity index (χ3v) is 2.92. The highest BCUT2D eigenvalue weighted by atomic mass is 19.1. The van der Waals surface area contributed by atoms with Gasteiger partial charge in [-0.1, -0.05) is 19.1 Å². The van der Waals surface area contributed by atoms with Crippen LogP contribution in [0, 0.1) is 0 Å². The molecule has 0 radical (unpaired) electrons. The Morgan fingerprint density at radius 1 is 1.57 bits per heavy atom. The van der Waals surface area contributed by atoms with Gasteiger partial charge in [0.25, 0.3) is 0 Å². The Hall–Kier alpha value is -1.05. The number of benzene rings is 1. The van der Waals surface area contributed by atoms with Gasteiger partial charge in [0, 0.05) is 5.69 Å². The number of hydrogen-bond donors (Lipinski definition) is 1. The van der Waals surface area contributed by atoms with Gasteiger partial charge in [-0.25, -0.2) is 4.39 Å². The van der Waals surface area contributed by atoms with Gasteiger partial charge in [-0.3, -0.25) is 0 Å². The third kappa shape index (κ3) is 1.61. The van der Waals surface area contributed by atoms with Gasteiger partial charge in [-0.2, -0.15) is 0 Å². The van der Waals surface area contributed by atoms with E-state index in [1.54, 1.807) is 6.92 Å². The van der Waals surface area contributed by atoms with Gasteiger partial charge >= 0.3 is 0 Å². The van der Waals surface area contributed by atoms with Crippen molar-refractivity contribution in [1.29, 1.82) is 0 Å². The van der Waals surface area contributed by atoms with Crippen molar-refractivity contribution in [2.45, 2.75) is 38.9 Å². The Bertz CT molecular complexity index is 333. The predicted octanol–water partition coefficient (Wildman–Crippen LogP) is 2.94. The molecule has 2 atom stereocenters. The molecule has 0 bridgehead atoms. The van der Waals surface area contributed by atoms with Crippen LogP contribution in [0.4, 0.5) is 10.1 Å². The van der Waals surface area contributed by atoms with Crippen LogP contribution in [0.1, 0.15) is 25.0 Å². The van der Waals surface area contributed by atoms with Gasteiger partial charge in [0.05, 0.1) is 6.04 Å². The fourth-order valence-corrected chi connectivity index (χ4v) is 1.92. The van der Waals surface area contributed by atoms with Crippen LogP contribution in [0.25, 0.3) is 0 Å². The molecule has 0 amide bonds. The van der Waals surface area contributed by atoms with E-state index in [0.717, 1.165) is 18.5 Å². The van der Waals surface area contributed by atoms with E-state index in [-0.39, 0.29) is 6.04 Å². The molecule has 1 aromatic carbocycles. The molecule has 1 N–H and O–H groups in total. The molecule has 1 aromatic rings. The van der Waals surface area contributed by atoms with Crippen LogP contribution in [0.3, 0.4) is 0 Å². The van der Waals surface area contributed by atoms with Gasteiger partial charge < -0.3 is 5.32 Å². The molecule has 2 heteroatoms. The summed E-state index contributed by atoms with van der Waals surface area (Å²) < 4.78 is 13.1. The van der Waals surface area contributed by atoms with Crippen LogP contribution in [0.5, 0.6) is 0 Å². The zero-order chi connectivity index (χ0) is 10.1. The molecule has 0 saturated heterocycles. The first-order chi connectivity index (χ1) is 6.70. The molecule has 76 valence electrons. The lowest BCUT2D eigenvalue weighted by Crippen LogP contribution is -2.25. The fraction of sp³-hybridized carbons (Fsp3) is 0.500. The van der Waals surface area contributed by atoms with E-state index in [9.17, 15) is 4.39 Å². The summed E-state index contributed by atoms with van der Waals surface area (Å²) in [6.45, 7) is 3.75. The average Bonchev–Trinajstić information content (AvgIpc) is 2.59. The van der Waals surface area contributed by atoms with E-state index in [0.29, 0.717) is 0 Å². The summed E-state index contributed by atoms with van der Waals surface area (Å²) in [6, 6.07) is 6.35. The van der Waals surface area contributed by atoms with Crippen molar-refractivity contribution in [3.05, 3.63) is 29.3 Å². The molecule has 1 aliphatic heterocycles. The molecule has 2 unspecified atom stereocenters. The second kappa shape index (κ2) is 3.60. The highest BCUT2D eigenvalue weighted by Gasteiger charge is 2.24. The molecule has 14 heavy (non-hydrogen) atoms. The molecule has 1 nitrogen and oxygen atoms in total. The number of nitrogens with one attached hydrogen (secondary N) is 1. The molecular weight excluding hydrogens is 177 g/mol. The van der Waals surface area contributed by atoms with Crippen LogP contribution >= 0.6 is 0 Å². The maximum atomic E-state index is 13.1. The van der Waals surface area contributed by atoms with Crippen molar-refractivity contribution >= 4 is 5.69 Å². The second-order valence-electron chi connectivity index (χ2n) is 3.98. The monoisotopic (exact) mass is 193 g/mol. The largest absolute Gasteiger partial charge is 0.379 e. The Morgan fingerprint density at radius 2 is 2.36 bits per heavy atom. The summed E-state index contributed by atoms with van der Waals surface area (Å²) in [7, 11) is 0. The van der Waals surface area contributed by atoms with E-state index in [2.05, 4.69) is 30.4 Å². The molecule has 1 aliphatic rings. The Morgan fingerprint density at radius 3 is 3.00 bits per heavy atom. The molecular formula is C12H16FN. The first-order valence-corrected chi connectivity index (χ1v) is 5.23. The van der Waals surface area contributed by atoms with Gasteiger partial charge in [-0.05, 0) is 37.0 Å². The zero-order valence-corrected chi connectivity index (χ0v) is 8.68. The standard InChI is InChI=1S/C12H16FN/c1-3-9-4-5-10-7-11(8(2)13)14-12(10)6-9/h4-6,8,11,14H,3,7H2,1-2H3. The third-order valence-electron chi connectivity index (χ3n) is 2.92. The lowest BCUT2D eigenvalue weighted by molar-refractivity contribution is 0.322. The number of aryl methyl sites for hydroxylation is 1. The topological polar surface area (TPSA) is 12.0 Å². The first kappa shape index (κ1) is 9.50. The SMILES string of the molecule is CCc1ccc2c(c1)NC(C(C)F)C2. The highest BCUT2D eigenvalue weighted by molar-refractivity contribution is 5.58. The number of fused-ring (bicyclic) bond motifs is 1. The van der Waals surface area contributed by atoms with Crippen molar-refractivity contribution in [3.63, 3.8) is 0 Å². The van der Waals surface area contributed by atoms with E-state index in [1.165, 1.54) is 11.1 Å². The van der Waals surface area contributed by atoms with Crippen molar-refractivity contribution in [2.75, 3.05) is 5.32 Å². The molecule has 0 aliphatic carbocycles. The summed E-state index contributed by atoms with van der Waals surface area (Å²) in [5.74, 6) is 0. The van der Waals surface area contributed by atoms with Crippen molar-refractivity contribution < 1.29 is 4.39 Å². The zero-order valence-electron chi connectivity index (χ0n) is 8.68. The normalized spacial score (nSPS) is 21.5. The quantitative estimate of drug-likeness (QED) is 0.761. The maximum Gasteiger partial charge on any atom is 0.118 e. The fourth-order valence-electron chi connectivity index (χ4n) is 1.92. The van der Waals surface area contributed by atoms with E-state index in [1.807, 2.05) is 0 Å². The van der Waals surface area contributed by atoms with Crippen molar-refractivity contribution in [1.82, 2.24) is 0 Å². The molecule has 0 saturated carbocycles. The molecule has 1 heterocycles. The Labute approximate surface area is 84.3 Å². The summed E-state index contributed by atoms with van der Waals surface area (Å²) in [5, 5.41) is 3.23. The minimum Gasteiger partial charge on any atom is -0.379 e. The highest BCUT2D eigenvalue weighted by Crippen LogP contribution is 2.28. The summed E-state index contributed by atoms with van der Waals surface area (Å²) >= 11 is 0. The van der Waals surface area contributed by atoms with E-state index >= 15 is 0 Å². The smallest absolute Gasteiger partial charge is 0.118 e. The Balaban J connectivity index is 2.22. The second-order valence-corrected chi connectivity index (χ2v) is 3.98. The van der Waals surface area contributed by atoms with E-state index < -0.39 is 6.17 Å². The first-order valence-electron chi connectivity index (χ1n) is 5.23. The van der Waals surface area contributed by atoms with Crippen LogP contribution in [-0.4, -0.2) is 12.2 Å². The lowest BCUT2D eigenvalue weighted by Gasteiger charge is -2.11. The number of halogens is 1. The summed E-state index contributed by atoms with van der Waals surface area (Å²) in [4.78, 5) is 0. The predicted molar refractivity (Wildman–Crippen MR) is 57.5 cm³/mol. The van der Waals surface area contributed by atoms with Gasteiger partial charge in [0.2, 0.25) is 0 Å². The van der Waals surface area contributed by atoms with E-state index in [4.69, 9.17) is 0 Å². The van der Waals surface area contributed by atoms with Crippen LogP contribution < -0.4 is 5.32 Å². The number of rotatable bonds is 2. The molecule has 0 spiro atoms. The molecule has 0 aromatic heterocycles. The summed E-state index contributed by atoms with van der Waals surface area (Å²) in [5.41, 5.74) is 3.68. The summed E-state index contributed by atoms with van der Waals surface area (Å²) in [6.07, 6.45) is 1.06. The van der Waals surface area contributed by atoms with Crippen molar-refractivity contribution in [3.8, 4) is 0 Å². The number of alkyl halides is 1. The van der Waals surface area contributed by atoms with Gasteiger partial charge in [0.15, 0.2) is 0 Å². The maximum absolute atomic E-state index is 13.1. The Kier molecular flexibility index (Phi) is 2.44. The molecule has 2 rings (SSSR count). The lowest BCUT2D eigenvalue weighted by atomic mass is 10.1.